The van der Waals surface area contributed by atoms with E-state index in [1.807, 2.05) is 6.07 Å². The second kappa shape index (κ2) is 4.77. The van der Waals surface area contributed by atoms with E-state index in [-0.39, 0.29) is 5.78 Å². The lowest BCUT2D eigenvalue weighted by Gasteiger charge is -2.10. The molecule has 14 heavy (non-hydrogen) atoms. The third-order valence-electron chi connectivity index (χ3n) is 2.02. The molecule has 1 rings (SSSR count). The van der Waals surface area contributed by atoms with Crippen molar-refractivity contribution in [3.63, 3.8) is 0 Å². The van der Waals surface area contributed by atoms with Gasteiger partial charge in [-0.05, 0) is 13.0 Å². The number of carbonyl (C=O) groups is 1. The lowest BCUT2D eigenvalue weighted by Crippen LogP contribution is -2.03. The molecule has 0 heterocycles. The summed E-state index contributed by atoms with van der Waals surface area (Å²) < 4.78 is 10.2. The van der Waals surface area contributed by atoms with Crippen LogP contribution in [0.15, 0.2) is 18.2 Å². The molecule has 0 fully saturated rings. The van der Waals surface area contributed by atoms with Crippen LogP contribution in [-0.4, -0.2) is 20.0 Å². The third-order valence-corrected chi connectivity index (χ3v) is 2.02. The fourth-order valence-electron chi connectivity index (χ4n) is 1.38. The molecule has 0 amide bonds. The van der Waals surface area contributed by atoms with E-state index < -0.39 is 0 Å². The molecule has 0 atom stereocenters. The van der Waals surface area contributed by atoms with E-state index in [2.05, 4.69) is 0 Å². The number of methoxy groups -OCH3 is 2. The molecule has 0 aromatic heterocycles. The van der Waals surface area contributed by atoms with Crippen LogP contribution in [0.3, 0.4) is 0 Å². The molecule has 3 heteroatoms. The molecule has 0 aliphatic heterocycles. The lowest BCUT2D eigenvalue weighted by atomic mass is 10.0. The van der Waals surface area contributed by atoms with Crippen molar-refractivity contribution in [3.8, 4) is 5.75 Å². The maximum Gasteiger partial charge on any atom is 0.160 e. The van der Waals surface area contributed by atoms with Crippen molar-refractivity contribution in [2.24, 2.45) is 0 Å². The Morgan fingerprint density at radius 2 is 2.07 bits per heavy atom. The Morgan fingerprint density at radius 3 is 2.57 bits per heavy atom. The van der Waals surface area contributed by atoms with E-state index in [1.165, 1.54) is 6.92 Å². The van der Waals surface area contributed by atoms with Crippen LogP contribution >= 0.6 is 0 Å². The molecular weight excluding hydrogens is 180 g/mol. The van der Waals surface area contributed by atoms with Crippen LogP contribution in [0.4, 0.5) is 0 Å². The monoisotopic (exact) mass is 194 g/mol. The highest BCUT2D eigenvalue weighted by molar-refractivity contribution is 5.96. The molecule has 0 radical (unpaired) electrons. The summed E-state index contributed by atoms with van der Waals surface area (Å²) in [6.07, 6.45) is 0. The summed E-state index contributed by atoms with van der Waals surface area (Å²) in [5, 5.41) is 0. The predicted molar refractivity (Wildman–Crippen MR) is 53.7 cm³/mol. The summed E-state index contributed by atoms with van der Waals surface area (Å²) in [5.74, 6) is 0.718. The molecule has 1 aromatic carbocycles. The minimum atomic E-state index is 0.0240. The molecule has 1 aromatic rings. The number of Topliss-reactive ketones (excluding diaryl/α,β-unsaturated/α-hetero) is 1. The van der Waals surface area contributed by atoms with Gasteiger partial charge in [0.25, 0.3) is 0 Å². The molecule has 0 saturated carbocycles. The number of benzene rings is 1. The molecule has 0 bridgehead atoms. The number of carbonyl (C=O) groups excluding carboxylic acids is 1. The number of rotatable bonds is 4. The van der Waals surface area contributed by atoms with Gasteiger partial charge in [-0.2, -0.15) is 0 Å². The molecule has 0 spiro atoms. The van der Waals surface area contributed by atoms with Crippen LogP contribution < -0.4 is 4.74 Å². The van der Waals surface area contributed by atoms with Gasteiger partial charge in [0.1, 0.15) is 5.75 Å². The summed E-state index contributed by atoms with van der Waals surface area (Å²) in [7, 11) is 3.18. The average molecular weight is 194 g/mol. The molecular formula is C11H14O3. The quantitative estimate of drug-likeness (QED) is 0.688. The van der Waals surface area contributed by atoms with Crippen molar-refractivity contribution < 1.29 is 14.3 Å². The van der Waals surface area contributed by atoms with Gasteiger partial charge in [0.2, 0.25) is 0 Å². The second-order valence-corrected chi connectivity index (χ2v) is 2.98. The minimum absolute atomic E-state index is 0.0240. The highest BCUT2D eigenvalue weighted by Crippen LogP contribution is 2.23. The molecule has 0 aliphatic rings. The second-order valence-electron chi connectivity index (χ2n) is 2.98. The number of ether oxygens (including phenoxy) is 2. The van der Waals surface area contributed by atoms with Crippen LogP contribution in [-0.2, 0) is 11.3 Å². The molecule has 0 saturated heterocycles. The van der Waals surface area contributed by atoms with Gasteiger partial charge < -0.3 is 9.47 Å². The molecule has 76 valence electrons. The molecule has 3 nitrogen and oxygen atoms in total. The summed E-state index contributed by atoms with van der Waals surface area (Å²) in [4.78, 5) is 11.3. The van der Waals surface area contributed by atoms with Crippen molar-refractivity contribution in [1.82, 2.24) is 0 Å². The zero-order valence-electron chi connectivity index (χ0n) is 8.66. The first-order valence-electron chi connectivity index (χ1n) is 4.36. The van der Waals surface area contributed by atoms with Gasteiger partial charge in [0.15, 0.2) is 5.78 Å². The van der Waals surface area contributed by atoms with Crippen LogP contribution in [0.25, 0.3) is 0 Å². The van der Waals surface area contributed by atoms with E-state index in [4.69, 9.17) is 9.47 Å². The van der Waals surface area contributed by atoms with Crippen molar-refractivity contribution in [2.75, 3.05) is 14.2 Å². The Kier molecular flexibility index (Phi) is 3.65. The first-order chi connectivity index (χ1) is 6.70. The predicted octanol–water partition coefficient (Wildman–Crippen LogP) is 2.04. The fraction of sp³-hybridized carbons (Fsp3) is 0.364. The molecule has 0 N–H and O–H groups in total. The summed E-state index contributed by atoms with van der Waals surface area (Å²) in [6, 6.07) is 5.40. The van der Waals surface area contributed by atoms with Crippen molar-refractivity contribution in [2.45, 2.75) is 13.5 Å². The third kappa shape index (κ3) is 2.12. The zero-order chi connectivity index (χ0) is 10.6. The van der Waals surface area contributed by atoms with Crippen molar-refractivity contribution in [3.05, 3.63) is 29.3 Å². The Morgan fingerprint density at radius 1 is 1.36 bits per heavy atom. The highest BCUT2D eigenvalue weighted by atomic mass is 16.5. The van der Waals surface area contributed by atoms with Gasteiger partial charge in [0, 0.05) is 18.2 Å². The van der Waals surface area contributed by atoms with Crippen LogP contribution in [0.1, 0.15) is 22.8 Å². The Bertz CT molecular complexity index is 331. The van der Waals surface area contributed by atoms with Gasteiger partial charge in [-0.3, -0.25) is 4.79 Å². The summed E-state index contributed by atoms with van der Waals surface area (Å²) >= 11 is 0. The van der Waals surface area contributed by atoms with Gasteiger partial charge in [-0.15, -0.1) is 0 Å². The van der Waals surface area contributed by atoms with Gasteiger partial charge >= 0.3 is 0 Å². The number of hydrogen-bond acceptors (Lipinski definition) is 3. The minimum Gasteiger partial charge on any atom is -0.496 e. The van der Waals surface area contributed by atoms with Gasteiger partial charge in [-0.25, -0.2) is 0 Å². The van der Waals surface area contributed by atoms with E-state index in [9.17, 15) is 4.79 Å². The van der Waals surface area contributed by atoms with E-state index >= 15 is 0 Å². The zero-order valence-corrected chi connectivity index (χ0v) is 8.66. The average Bonchev–Trinajstić information content (AvgIpc) is 2.18. The topological polar surface area (TPSA) is 35.5 Å². The molecule has 0 aliphatic carbocycles. The van der Waals surface area contributed by atoms with Gasteiger partial charge in [-0.1, -0.05) is 12.1 Å². The SMILES string of the molecule is COCc1c(OC)cccc1C(C)=O. The maximum atomic E-state index is 11.3. The number of hydrogen-bond donors (Lipinski definition) is 0. The Balaban J connectivity index is 3.20. The smallest absolute Gasteiger partial charge is 0.160 e. The maximum absolute atomic E-state index is 11.3. The van der Waals surface area contributed by atoms with Gasteiger partial charge in [0.05, 0.1) is 13.7 Å². The van der Waals surface area contributed by atoms with E-state index in [0.717, 1.165) is 5.56 Å². The fourth-order valence-corrected chi connectivity index (χ4v) is 1.38. The first-order valence-corrected chi connectivity index (χ1v) is 4.36. The van der Waals surface area contributed by atoms with Crippen molar-refractivity contribution >= 4 is 5.78 Å². The standard InChI is InChI=1S/C11H14O3/c1-8(12)9-5-4-6-11(14-3)10(9)7-13-2/h4-6H,7H2,1-3H3. The van der Waals surface area contributed by atoms with E-state index in [0.29, 0.717) is 17.9 Å². The van der Waals surface area contributed by atoms with Crippen LogP contribution in [0, 0.1) is 0 Å². The number of ketones is 1. The Labute approximate surface area is 83.6 Å². The Hall–Kier alpha value is -1.35. The van der Waals surface area contributed by atoms with Crippen LogP contribution in [0.5, 0.6) is 5.75 Å². The normalized spacial score (nSPS) is 9.93. The molecule has 0 unspecified atom stereocenters. The highest BCUT2D eigenvalue weighted by Gasteiger charge is 2.11. The van der Waals surface area contributed by atoms with E-state index in [1.54, 1.807) is 26.4 Å². The largest absolute Gasteiger partial charge is 0.496 e. The first kappa shape index (κ1) is 10.7. The van der Waals surface area contributed by atoms with Crippen molar-refractivity contribution in [1.29, 1.82) is 0 Å². The van der Waals surface area contributed by atoms with Crippen LogP contribution in [0.2, 0.25) is 0 Å². The summed E-state index contributed by atoms with van der Waals surface area (Å²) in [5.41, 5.74) is 1.47. The summed E-state index contributed by atoms with van der Waals surface area (Å²) in [6.45, 7) is 1.92. The lowest BCUT2D eigenvalue weighted by molar-refractivity contribution is 0.101.